The third kappa shape index (κ3) is 3.66. The van der Waals surface area contributed by atoms with E-state index in [-0.39, 0.29) is 11.8 Å². The number of aromatic nitrogens is 2. The van der Waals surface area contributed by atoms with Crippen LogP contribution in [-0.4, -0.2) is 33.9 Å². The lowest BCUT2D eigenvalue weighted by atomic mass is 9.98. The molecule has 0 spiro atoms. The maximum absolute atomic E-state index is 13.1. The van der Waals surface area contributed by atoms with Crippen LogP contribution in [0.15, 0.2) is 58.3 Å². The van der Waals surface area contributed by atoms with E-state index in [9.17, 15) is 4.79 Å². The van der Waals surface area contributed by atoms with E-state index in [0.717, 1.165) is 41.1 Å². The number of hydrogen-bond acceptors (Lipinski definition) is 5. The molecule has 1 unspecified atom stereocenters. The van der Waals surface area contributed by atoms with Crippen molar-refractivity contribution in [2.75, 3.05) is 13.1 Å². The van der Waals surface area contributed by atoms with Crippen LogP contribution in [0.3, 0.4) is 0 Å². The van der Waals surface area contributed by atoms with Crippen LogP contribution in [0.2, 0.25) is 5.02 Å². The molecule has 2 aromatic carbocycles. The van der Waals surface area contributed by atoms with E-state index in [1.54, 1.807) is 0 Å². The Morgan fingerprint density at radius 3 is 2.93 bits per heavy atom. The number of nitrogens with zero attached hydrogens (tertiary/aromatic N) is 3. The Labute approximate surface area is 177 Å². The summed E-state index contributed by atoms with van der Waals surface area (Å²) in [7, 11) is 0. The van der Waals surface area contributed by atoms with Crippen molar-refractivity contribution in [2.24, 2.45) is 0 Å². The van der Waals surface area contributed by atoms with Crippen LogP contribution in [0.25, 0.3) is 21.7 Å². The summed E-state index contributed by atoms with van der Waals surface area (Å²) in [5, 5.41) is 3.27. The Morgan fingerprint density at radius 2 is 2.07 bits per heavy atom. The quantitative estimate of drug-likeness (QED) is 0.428. The van der Waals surface area contributed by atoms with Gasteiger partial charge >= 0.3 is 0 Å². The molecule has 2 aromatic heterocycles. The maximum atomic E-state index is 13.1. The number of halogens is 1. The van der Waals surface area contributed by atoms with Crippen LogP contribution in [-0.2, 0) is 0 Å². The molecule has 1 saturated heterocycles. The molecule has 1 atom stereocenters. The first kappa shape index (κ1) is 18.3. The molecule has 3 heterocycles. The largest absolute Gasteiger partial charge is 0.440 e. The number of fused-ring (bicyclic) bond motifs is 1. The number of likely N-dealkylation sites (tertiary alicyclic amines) is 1. The van der Waals surface area contributed by atoms with Gasteiger partial charge in [0.1, 0.15) is 16.2 Å². The van der Waals surface area contributed by atoms with Crippen molar-refractivity contribution in [3.63, 3.8) is 0 Å². The smallest absolute Gasteiger partial charge is 0.273 e. The molecule has 5 nitrogen and oxygen atoms in total. The van der Waals surface area contributed by atoms with Crippen molar-refractivity contribution >= 4 is 39.9 Å². The predicted octanol–water partition coefficient (Wildman–Crippen LogP) is 5.62. The Kier molecular flexibility index (Phi) is 4.81. The van der Waals surface area contributed by atoms with E-state index in [1.165, 1.54) is 11.3 Å². The number of carbonyl (C=O) groups is 1. The van der Waals surface area contributed by atoms with Crippen molar-refractivity contribution in [3.8, 4) is 10.6 Å². The number of para-hydroxylation sites is 2. The number of benzene rings is 2. The molecule has 1 fully saturated rings. The Morgan fingerprint density at radius 1 is 1.17 bits per heavy atom. The summed E-state index contributed by atoms with van der Waals surface area (Å²) in [6.07, 6.45) is 1.88. The highest BCUT2D eigenvalue weighted by Crippen LogP contribution is 2.31. The first-order valence-electron chi connectivity index (χ1n) is 9.53. The zero-order valence-electron chi connectivity index (χ0n) is 15.5. The molecule has 1 amide bonds. The van der Waals surface area contributed by atoms with Crippen LogP contribution in [0.5, 0.6) is 0 Å². The van der Waals surface area contributed by atoms with Gasteiger partial charge < -0.3 is 9.32 Å². The number of oxazole rings is 1. The summed E-state index contributed by atoms with van der Waals surface area (Å²) in [6.45, 7) is 1.31. The predicted molar refractivity (Wildman–Crippen MR) is 114 cm³/mol. The van der Waals surface area contributed by atoms with Gasteiger partial charge in [-0.25, -0.2) is 9.97 Å². The third-order valence-electron chi connectivity index (χ3n) is 5.16. The minimum Gasteiger partial charge on any atom is -0.440 e. The molecular formula is C22H18ClN3O2S. The Bertz CT molecular complexity index is 1150. The zero-order chi connectivity index (χ0) is 19.8. The van der Waals surface area contributed by atoms with Gasteiger partial charge in [-0.1, -0.05) is 35.9 Å². The number of rotatable bonds is 3. The lowest BCUT2D eigenvalue weighted by Gasteiger charge is -2.30. The maximum Gasteiger partial charge on any atom is 0.273 e. The topological polar surface area (TPSA) is 59.2 Å². The van der Waals surface area contributed by atoms with Crippen LogP contribution in [0.4, 0.5) is 0 Å². The molecule has 29 heavy (non-hydrogen) atoms. The molecule has 0 aliphatic carbocycles. The molecule has 5 rings (SSSR count). The van der Waals surface area contributed by atoms with E-state index in [1.807, 2.05) is 58.8 Å². The van der Waals surface area contributed by atoms with Crippen LogP contribution in [0.1, 0.15) is 35.1 Å². The summed E-state index contributed by atoms with van der Waals surface area (Å²) < 4.78 is 5.94. The van der Waals surface area contributed by atoms with Crippen molar-refractivity contribution in [1.29, 1.82) is 0 Å². The summed E-state index contributed by atoms with van der Waals surface area (Å²) >= 11 is 7.53. The standard InChI is InChI=1S/C22H18ClN3O2S/c23-16-7-3-5-14(11-16)21-25-18(13-29-21)22(27)26-10-4-6-15(12-26)20-24-17-8-1-2-9-19(17)28-20/h1-3,5,7-9,11,13,15H,4,6,10,12H2. The van der Waals surface area contributed by atoms with Gasteiger partial charge in [0.05, 0.1) is 5.92 Å². The molecule has 0 radical (unpaired) electrons. The summed E-state index contributed by atoms with van der Waals surface area (Å²) in [4.78, 5) is 24.1. The lowest BCUT2D eigenvalue weighted by molar-refractivity contribution is 0.0694. The molecule has 0 N–H and O–H groups in total. The number of thiazole rings is 1. The molecule has 0 bridgehead atoms. The fraction of sp³-hybridized carbons (Fsp3) is 0.227. The molecular weight excluding hydrogens is 406 g/mol. The normalized spacial score (nSPS) is 17.0. The first-order chi connectivity index (χ1) is 14.2. The fourth-order valence-corrected chi connectivity index (χ4v) is 4.70. The SMILES string of the molecule is O=C(c1csc(-c2cccc(Cl)c2)n1)N1CCCC(c2nc3ccccc3o2)C1. The van der Waals surface area contributed by atoms with Gasteiger partial charge in [0.2, 0.25) is 0 Å². The van der Waals surface area contributed by atoms with Gasteiger partial charge in [-0.15, -0.1) is 11.3 Å². The highest BCUT2D eigenvalue weighted by Gasteiger charge is 2.29. The second-order valence-corrected chi connectivity index (χ2v) is 8.45. The molecule has 1 aliphatic rings. The Balaban J connectivity index is 1.35. The fourth-order valence-electron chi connectivity index (χ4n) is 3.72. The summed E-state index contributed by atoms with van der Waals surface area (Å²) in [6, 6.07) is 15.3. The van der Waals surface area contributed by atoms with Crippen LogP contribution >= 0.6 is 22.9 Å². The highest BCUT2D eigenvalue weighted by atomic mass is 35.5. The van der Waals surface area contributed by atoms with E-state index in [4.69, 9.17) is 16.0 Å². The van der Waals surface area contributed by atoms with Gasteiger partial charge in [0.25, 0.3) is 5.91 Å². The van der Waals surface area contributed by atoms with Crippen LogP contribution in [0, 0.1) is 0 Å². The van der Waals surface area contributed by atoms with E-state index < -0.39 is 0 Å². The minimum atomic E-state index is -0.0460. The van der Waals surface area contributed by atoms with Gasteiger partial charge in [-0.2, -0.15) is 0 Å². The highest BCUT2D eigenvalue weighted by molar-refractivity contribution is 7.13. The zero-order valence-corrected chi connectivity index (χ0v) is 17.1. The van der Waals surface area contributed by atoms with E-state index in [0.29, 0.717) is 23.2 Å². The monoisotopic (exact) mass is 423 g/mol. The number of carbonyl (C=O) groups excluding carboxylic acids is 1. The van der Waals surface area contributed by atoms with E-state index in [2.05, 4.69) is 9.97 Å². The molecule has 146 valence electrons. The molecule has 0 saturated carbocycles. The van der Waals surface area contributed by atoms with Gasteiger partial charge in [0.15, 0.2) is 11.5 Å². The molecule has 7 heteroatoms. The van der Waals surface area contributed by atoms with E-state index >= 15 is 0 Å². The number of amides is 1. The number of hydrogen-bond donors (Lipinski definition) is 0. The molecule has 4 aromatic rings. The lowest BCUT2D eigenvalue weighted by Crippen LogP contribution is -2.39. The van der Waals surface area contributed by atoms with Crippen molar-refractivity contribution < 1.29 is 9.21 Å². The molecule has 1 aliphatic heterocycles. The summed E-state index contributed by atoms with van der Waals surface area (Å²) in [5.74, 6) is 0.767. The minimum absolute atomic E-state index is 0.0460. The summed E-state index contributed by atoms with van der Waals surface area (Å²) in [5.41, 5.74) is 3.04. The number of piperidine rings is 1. The van der Waals surface area contributed by atoms with Crippen molar-refractivity contribution in [2.45, 2.75) is 18.8 Å². The average molecular weight is 424 g/mol. The van der Waals surface area contributed by atoms with Crippen LogP contribution < -0.4 is 0 Å². The second kappa shape index (κ2) is 7.61. The van der Waals surface area contributed by atoms with Gasteiger partial charge in [-0.3, -0.25) is 4.79 Å². The van der Waals surface area contributed by atoms with Crippen molar-refractivity contribution in [3.05, 3.63) is 70.5 Å². The average Bonchev–Trinajstić information content (AvgIpc) is 3.41. The van der Waals surface area contributed by atoms with Gasteiger partial charge in [0, 0.05) is 29.1 Å². The third-order valence-corrected chi connectivity index (χ3v) is 6.29. The van der Waals surface area contributed by atoms with Crippen molar-refractivity contribution in [1.82, 2.24) is 14.9 Å². The first-order valence-corrected chi connectivity index (χ1v) is 10.8. The second-order valence-electron chi connectivity index (χ2n) is 7.16. The Hall–Kier alpha value is -2.70. The van der Waals surface area contributed by atoms with Gasteiger partial charge in [-0.05, 0) is 37.1 Å².